The number of pyridine rings is 2. The van der Waals surface area contributed by atoms with Gasteiger partial charge >= 0.3 is 0 Å². The molecule has 0 saturated heterocycles. The third kappa shape index (κ3) is 5.09. The lowest BCUT2D eigenvalue weighted by Crippen LogP contribution is -2.32. The number of benzene rings is 1. The number of hydrogen-bond acceptors (Lipinski definition) is 5. The summed E-state index contributed by atoms with van der Waals surface area (Å²) in [7, 11) is 0. The van der Waals surface area contributed by atoms with Crippen molar-refractivity contribution in [2.24, 2.45) is 0 Å². The molecule has 0 saturated carbocycles. The highest BCUT2D eigenvalue weighted by Gasteiger charge is 2.21. The topological polar surface area (TPSA) is 90.0 Å². The summed E-state index contributed by atoms with van der Waals surface area (Å²) in [5, 5.41) is 6.67. The van der Waals surface area contributed by atoms with Crippen molar-refractivity contribution in [1.82, 2.24) is 20.0 Å². The lowest BCUT2D eigenvalue weighted by atomic mass is 9.99. The van der Waals surface area contributed by atoms with Crippen LogP contribution in [0.15, 0.2) is 70.2 Å². The smallest absolute Gasteiger partial charge is 0.257 e. The maximum Gasteiger partial charge on any atom is 0.257 e. The number of aryl methyl sites for hydroxylation is 3. The fourth-order valence-corrected chi connectivity index (χ4v) is 3.89. The molecule has 0 aliphatic heterocycles. The predicted molar refractivity (Wildman–Crippen MR) is 125 cm³/mol. The van der Waals surface area contributed by atoms with E-state index in [0.717, 1.165) is 28.1 Å². The van der Waals surface area contributed by atoms with E-state index in [1.165, 1.54) is 6.07 Å². The van der Waals surface area contributed by atoms with E-state index in [2.05, 4.69) is 15.5 Å². The number of rotatable bonds is 7. The molecule has 7 heteroatoms. The first-order valence-electron chi connectivity index (χ1n) is 10.8. The zero-order valence-corrected chi connectivity index (χ0v) is 19.0. The van der Waals surface area contributed by atoms with Crippen LogP contribution in [0.2, 0.25) is 0 Å². The van der Waals surface area contributed by atoms with Crippen LogP contribution >= 0.6 is 0 Å². The van der Waals surface area contributed by atoms with Gasteiger partial charge in [0.1, 0.15) is 5.56 Å². The highest BCUT2D eigenvalue weighted by Crippen LogP contribution is 2.19. The van der Waals surface area contributed by atoms with Crippen LogP contribution in [0.3, 0.4) is 0 Å². The Morgan fingerprint density at radius 1 is 1.06 bits per heavy atom. The van der Waals surface area contributed by atoms with Crippen LogP contribution in [0.1, 0.15) is 49.9 Å². The predicted octanol–water partition coefficient (Wildman–Crippen LogP) is 3.73. The summed E-state index contributed by atoms with van der Waals surface area (Å²) in [4.78, 5) is 30.4. The zero-order chi connectivity index (χ0) is 23.4. The number of amides is 1. The maximum absolute atomic E-state index is 13.3. The van der Waals surface area contributed by atoms with E-state index in [0.29, 0.717) is 24.4 Å². The molecule has 0 bridgehead atoms. The van der Waals surface area contributed by atoms with Crippen LogP contribution in [0.25, 0.3) is 0 Å². The molecule has 1 amide bonds. The second kappa shape index (κ2) is 9.65. The Labute approximate surface area is 192 Å². The zero-order valence-electron chi connectivity index (χ0n) is 19.0. The normalized spacial score (nSPS) is 10.9. The van der Waals surface area contributed by atoms with Crippen molar-refractivity contribution in [1.29, 1.82) is 0 Å². The fourth-order valence-electron chi connectivity index (χ4n) is 3.89. The third-order valence-corrected chi connectivity index (χ3v) is 5.66. The standard InChI is InChI=1S/C26H26N4O3/c1-17-6-4-5-7-21(17)14-23-25(26(32)28-15-22-12-18(2)29-33-22)24(31)13-19(3)30(23)16-20-8-10-27-11-9-20/h4-13H,14-16H2,1-3H3,(H,28,32). The minimum atomic E-state index is -0.430. The van der Waals surface area contributed by atoms with Crippen molar-refractivity contribution in [3.8, 4) is 0 Å². The molecule has 1 N–H and O–H groups in total. The molecule has 0 atom stereocenters. The van der Waals surface area contributed by atoms with E-state index in [1.807, 2.05) is 61.7 Å². The molecule has 4 aromatic rings. The summed E-state index contributed by atoms with van der Waals surface area (Å²) in [6, 6.07) is 15.1. The van der Waals surface area contributed by atoms with Gasteiger partial charge in [-0.15, -0.1) is 0 Å². The lowest BCUT2D eigenvalue weighted by Gasteiger charge is -2.21. The first-order chi connectivity index (χ1) is 15.9. The number of hydrogen-bond donors (Lipinski definition) is 1. The molecule has 4 rings (SSSR count). The van der Waals surface area contributed by atoms with Crippen molar-refractivity contribution in [2.45, 2.75) is 40.3 Å². The van der Waals surface area contributed by atoms with Crippen LogP contribution in [-0.4, -0.2) is 20.6 Å². The second-order valence-corrected chi connectivity index (χ2v) is 8.13. The van der Waals surface area contributed by atoms with Gasteiger partial charge in [0.05, 0.1) is 12.2 Å². The Morgan fingerprint density at radius 3 is 2.52 bits per heavy atom. The number of carbonyl (C=O) groups is 1. The average Bonchev–Trinajstić information content (AvgIpc) is 3.22. The third-order valence-electron chi connectivity index (χ3n) is 5.66. The number of aromatic nitrogens is 3. The van der Waals surface area contributed by atoms with Gasteiger partial charge in [-0.25, -0.2) is 0 Å². The average molecular weight is 443 g/mol. The van der Waals surface area contributed by atoms with Crippen LogP contribution in [0.5, 0.6) is 0 Å². The van der Waals surface area contributed by atoms with E-state index in [-0.39, 0.29) is 17.5 Å². The Kier molecular flexibility index (Phi) is 6.49. The Balaban J connectivity index is 1.78. The molecule has 3 heterocycles. The molecule has 0 aliphatic carbocycles. The number of carbonyl (C=O) groups excluding carboxylic acids is 1. The highest BCUT2D eigenvalue weighted by molar-refractivity contribution is 5.95. The number of nitrogens with zero attached hydrogens (tertiary/aromatic N) is 3. The van der Waals surface area contributed by atoms with E-state index in [4.69, 9.17) is 4.52 Å². The van der Waals surface area contributed by atoms with Crippen molar-refractivity contribution >= 4 is 5.91 Å². The van der Waals surface area contributed by atoms with Gasteiger partial charge in [0.25, 0.3) is 5.91 Å². The molecule has 0 fully saturated rings. The van der Waals surface area contributed by atoms with E-state index < -0.39 is 5.91 Å². The van der Waals surface area contributed by atoms with Gasteiger partial charge in [-0.3, -0.25) is 14.6 Å². The minimum absolute atomic E-state index is 0.147. The Bertz CT molecular complexity index is 1340. The highest BCUT2D eigenvalue weighted by atomic mass is 16.5. The Morgan fingerprint density at radius 2 is 1.82 bits per heavy atom. The van der Waals surface area contributed by atoms with Gasteiger partial charge in [-0.2, -0.15) is 0 Å². The second-order valence-electron chi connectivity index (χ2n) is 8.13. The summed E-state index contributed by atoms with van der Waals surface area (Å²) in [5.41, 5.74) is 5.25. The summed E-state index contributed by atoms with van der Waals surface area (Å²) in [6.07, 6.45) is 3.93. The summed E-state index contributed by atoms with van der Waals surface area (Å²) in [5.74, 6) is 0.103. The Hall–Kier alpha value is -4.00. The van der Waals surface area contributed by atoms with Gasteiger partial charge in [0.2, 0.25) is 0 Å². The van der Waals surface area contributed by atoms with Gasteiger partial charge in [-0.1, -0.05) is 29.4 Å². The molecule has 0 unspecified atom stereocenters. The summed E-state index contributed by atoms with van der Waals surface area (Å²) >= 11 is 0. The molecule has 0 spiro atoms. The van der Waals surface area contributed by atoms with Crippen molar-refractivity contribution in [3.63, 3.8) is 0 Å². The van der Waals surface area contributed by atoms with E-state index in [1.54, 1.807) is 18.5 Å². The molecule has 7 nitrogen and oxygen atoms in total. The van der Waals surface area contributed by atoms with Crippen molar-refractivity contribution in [2.75, 3.05) is 0 Å². The molecule has 168 valence electrons. The lowest BCUT2D eigenvalue weighted by molar-refractivity contribution is 0.0944. The molecule has 0 aliphatic rings. The van der Waals surface area contributed by atoms with Crippen LogP contribution in [0, 0.1) is 20.8 Å². The van der Waals surface area contributed by atoms with Gasteiger partial charge in [0.15, 0.2) is 11.2 Å². The van der Waals surface area contributed by atoms with Crippen molar-refractivity contribution in [3.05, 3.63) is 116 Å². The van der Waals surface area contributed by atoms with E-state index >= 15 is 0 Å². The molecule has 3 aromatic heterocycles. The van der Waals surface area contributed by atoms with Gasteiger partial charge in [-0.05, 0) is 49.6 Å². The largest absolute Gasteiger partial charge is 0.359 e. The molecule has 0 radical (unpaired) electrons. The first kappa shape index (κ1) is 22.2. The fraction of sp³-hybridized carbons (Fsp3) is 0.231. The molecular weight excluding hydrogens is 416 g/mol. The van der Waals surface area contributed by atoms with Crippen LogP contribution in [0.4, 0.5) is 0 Å². The van der Waals surface area contributed by atoms with Crippen LogP contribution in [-0.2, 0) is 19.5 Å². The monoisotopic (exact) mass is 442 g/mol. The summed E-state index contributed by atoms with van der Waals surface area (Å²) in [6.45, 7) is 6.41. The SMILES string of the molecule is Cc1cc(CNC(=O)c2c(Cc3ccccc3C)n(Cc3ccncc3)c(C)cc2=O)on1. The van der Waals surface area contributed by atoms with Gasteiger partial charge < -0.3 is 14.4 Å². The molecule has 1 aromatic carbocycles. The summed E-state index contributed by atoms with van der Waals surface area (Å²) < 4.78 is 7.23. The quantitative estimate of drug-likeness (QED) is 0.471. The van der Waals surface area contributed by atoms with Crippen LogP contribution < -0.4 is 10.7 Å². The van der Waals surface area contributed by atoms with Gasteiger partial charge in [0, 0.05) is 48.9 Å². The first-order valence-corrected chi connectivity index (χ1v) is 10.8. The maximum atomic E-state index is 13.3. The molecular formula is C26H26N4O3. The molecule has 33 heavy (non-hydrogen) atoms. The minimum Gasteiger partial charge on any atom is -0.359 e. The van der Waals surface area contributed by atoms with E-state index in [9.17, 15) is 9.59 Å². The van der Waals surface area contributed by atoms with Crippen molar-refractivity contribution < 1.29 is 9.32 Å². The number of nitrogens with one attached hydrogen (secondary N) is 1.